The molecule has 0 amide bonds. The maximum absolute atomic E-state index is 10.9. The minimum absolute atomic E-state index is 0.216. The SMILES string of the molecule is CCO/C=C/C(=O)C1CC1. The average Bonchev–Trinajstić information content (AvgIpc) is 2.69. The Morgan fingerprint density at radius 1 is 1.70 bits per heavy atom. The molecule has 1 aliphatic rings. The van der Waals surface area contributed by atoms with Gasteiger partial charge < -0.3 is 4.74 Å². The van der Waals surface area contributed by atoms with Crippen LogP contribution in [0.15, 0.2) is 12.3 Å². The first-order valence-corrected chi connectivity index (χ1v) is 3.66. The first kappa shape index (κ1) is 7.32. The molecule has 0 aromatic rings. The summed E-state index contributed by atoms with van der Waals surface area (Å²) in [5, 5.41) is 0. The van der Waals surface area contributed by atoms with Gasteiger partial charge in [-0.15, -0.1) is 0 Å². The van der Waals surface area contributed by atoms with E-state index in [9.17, 15) is 4.79 Å². The smallest absolute Gasteiger partial charge is 0.161 e. The highest BCUT2D eigenvalue weighted by atomic mass is 16.5. The Kier molecular flexibility index (Phi) is 2.49. The maximum atomic E-state index is 10.9. The molecule has 0 saturated heterocycles. The highest BCUT2D eigenvalue weighted by Gasteiger charge is 2.27. The Morgan fingerprint density at radius 2 is 2.40 bits per heavy atom. The van der Waals surface area contributed by atoms with Crippen molar-refractivity contribution in [2.45, 2.75) is 19.8 Å². The van der Waals surface area contributed by atoms with Crippen LogP contribution in [0.2, 0.25) is 0 Å². The molecular formula is C8H12O2. The molecule has 1 saturated carbocycles. The van der Waals surface area contributed by atoms with Crippen molar-refractivity contribution in [2.24, 2.45) is 5.92 Å². The van der Waals surface area contributed by atoms with Gasteiger partial charge in [-0.25, -0.2) is 0 Å². The summed E-state index contributed by atoms with van der Waals surface area (Å²) in [7, 11) is 0. The van der Waals surface area contributed by atoms with Crippen LogP contribution < -0.4 is 0 Å². The number of rotatable bonds is 4. The first-order chi connectivity index (χ1) is 4.84. The summed E-state index contributed by atoms with van der Waals surface area (Å²) in [5.41, 5.74) is 0. The van der Waals surface area contributed by atoms with Gasteiger partial charge in [0.05, 0.1) is 12.9 Å². The molecule has 0 aliphatic heterocycles. The summed E-state index contributed by atoms with van der Waals surface area (Å²) in [5.74, 6) is 0.533. The van der Waals surface area contributed by atoms with Gasteiger partial charge in [-0.2, -0.15) is 0 Å². The van der Waals surface area contributed by atoms with Crippen LogP contribution in [0.5, 0.6) is 0 Å². The normalized spacial score (nSPS) is 17.7. The molecule has 2 nitrogen and oxygen atoms in total. The zero-order chi connectivity index (χ0) is 7.40. The van der Waals surface area contributed by atoms with Crippen molar-refractivity contribution >= 4 is 5.78 Å². The van der Waals surface area contributed by atoms with Crippen molar-refractivity contribution < 1.29 is 9.53 Å². The number of ether oxygens (including phenoxy) is 1. The van der Waals surface area contributed by atoms with E-state index >= 15 is 0 Å². The lowest BCUT2D eigenvalue weighted by molar-refractivity contribution is -0.115. The lowest BCUT2D eigenvalue weighted by Crippen LogP contribution is -1.94. The zero-order valence-corrected chi connectivity index (χ0v) is 6.17. The van der Waals surface area contributed by atoms with Crippen molar-refractivity contribution in [1.29, 1.82) is 0 Å². The van der Waals surface area contributed by atoms with Crippen molar-refractivity contribution in [2.75, 3.05) is 6.61 Å². The number of ketones is 1. The fourth-order valence-electron chi connectivity index (χ4n) is 0.715. The molecule has 0 atom stereocenters. The third kappa shape index (κ3) is 2.21. The van der Waals surface area contributed by atoms with Crippen LogP contribution in [0.4, 0.5) is 0 Å². The molecule has 56 valence electrons. The van der Waals surface area contributed by atoms with E-state index < -0.39 is 0 Å². The van der Waals surface area contributed by atoms with Crippen molar-refractivity contribution in [3.8, 4) is 0 Å². The van der Waals surface area contributed by atoms with Gasteiger partial charge in [0.25, 0.3) is 0 Å². The molecule has 0 heterocycles. The molecule has 1 fully saturated rings. The monoisotopic (exact) mass is 140 g/mol. The number of carbonyl (C=O) groups is 1. The molecule has 0 bridgehead atoms. The van der Waals surface area contributed by atoms with Gasteiger partial charge in [-0.05, 0) is 19.8 Å². The van der Waals surface area contributed by atoms with E-state index in [-0.39, 0.29) is 5.78 Å². The number of allylic oxidation sites excluding steroid dienone is 1. The Labute approximate surface area is 60.9 Å². The van der Waals surface area contributed by atoms with Gasteiger partial charge in [-0.3, -0.25) is 4.79 Å². The topological polar surface area (TPSA) is 26.3 Å². The minimum Gasteiger partial charge on any atom is -0.501 e. The van der Waals surface area contributed by atoms with Gasteiger partial charge >= 0.3 is 0 Å². The molecule has 0 radical (unpaired) electrons. The lowest BCUT2D eigenvalue weighted by atomic mass is 10.3. The largest absolute Gasteiger partial charge is 0.501 e. The third-order valence-electron chi connectivity index (χ3n) is 1.47. The minimum atomic E-state index is 0.216. The fraction of sp³-hybridized carbons (Fsp3) is 0.625. The second kappa shape index (κ2) is 3.40. The summed E-state index contributed by atoms with van der Waals surface area (Å²) in [6, 6.07) is 0. The summed E-state index contributed by atoms with van der Waals surface area (Å²) in [6.07, 6.45) is 5.15. The van der Waals surface area contributed by atoms with Gasteiger partial charge in [0, 0.05) is 12.0 Å². The van der Waals surface area contributed by atoms with E-state index in [1.807, 2.05) is 6.92 Å². The predicted molar refractivity (Wildman–Crippen MR) is 38.5 cm³/mol. The van der Waals surface area contributed by atoms with Gasteiger partial charge in [0.15, 0.2) is 5.78 Å². The summed E-state index contributed by atoms with van der Waals surface area (Å²) >= 11 is 0. The second-order valence-corrected chi connectivity index (χ2v) is 2.43. The quantitative estimate of drug-likeness (QED) is 0.437. The molecule has 0 spiro atoms. The molecule has 0 aromatic heterocycles. The first-order valence-electron chi connectivity index (χ1n) is 3.66. The molecular weight excluding hydrogens is 128 g/mol. The summed E-state index contributed by atoms with van der Waals surface area (Å²) < 4.78 is 4.88. The Morgan fingerprint density at radius 3 is 2.90 bits per heavy atom. The zero-order valence-electron chi connectivity index (χ0n) is 6.17. The van der Waals surface area contributed by atoms with Gasteiger partial charge in [-0.1, -0.05) is 0 Å². The molecule has 10 heavy (non-hydrogen) atoms. The molecule has 2 heteroatoms. The molecule has 0 aromatic carbocycles. The maximum Gasteiger partial charge on any atom is 0.161 e. The standard InChI is InChI=1S/C8H12O2/c1-2-10-6-5-8(9)7-3-4-7/h5-7H,2-4H2,1H3/b6-5+. The number of hydrogen-bond acceptors (Lipinski definition) is 2. The third-order valence-corrected chi connectivity index (χ3v) is 1.47. The highest BCUT2D eigenvalue weighted by molar-refractivity contribution is 5.93. The predicted octanol–water partition coefficient (Wildman–Crippen LogP) is 1.52. The van der Waals surface area contributed by atoms with Crippen LogP contribution >= 0.6 is 0 Å². The Balaban J connectivity index is 2.16. The lowest BCUT2D eigenvalue weighted by Gasteiger charge is -1.90. The molecule has 0 N–H and O–H groups in total. The van der Waals surface area contributed by atoms with E-state index in [0.717, 1.165) is 12.8 Å². The van der Waals surface area contributed by atoms with E-state index in [1.165, 1.54) is 12.3 Å². The van der Waals surface area contributed by atoms with E-state index in [0.29, 0.717) is 12.5 Å². The van der Waals surface area contributed by atoms with Crippen LogP contribution in [0.25, 0.3) is 0 Å². The molecule has 1 rings (SSSR count). The summed E-state index contributed by atoms with van der Waals surface area (Å²) in [6.45, 7) is 2.53. The van der Waals surface area contributed by atoms with Crippen LogP contribution in [-0.4, -0.2) is 12.4 Å². The Bertz CT molecular complexity index is 145. The van der Waals surface area contributed by atoms with E-state index in [2.05, 4.69) is 0 Å². The van der Waals surface area contributed by atoms with E-state index in [4.69, 9.17) is 4.74 Å². The van der Waals surface area contributed by atoms with Crippen LogP contribution in [0.1, 0.15) is 19.8 Å². The Hall–Kier alpha value is -0.790. The van der Waals surface area contributed by atoms with Crippen molar-refractivity contribution in [3.63, 3.8) is 0 Å². The van der Waals surface area contributed by atoms with Crippen LogP contribution in [0.3, 0.4) is 0 Å². The molecule has 1 aliphatic carbocycles. The van der Waals surface area contributed by atoms with Crippen LogP contribution in [0, 0.1) is 5.92 Å². The van der Waals surface area contributed by atoms with Crippen molar-refractivity contribution in [1.82, 2.24) is 0 Å². The second-order valence-electron chi connectivity index (χ2n) is 2.43. The molecule has 0 unspecified atom stereocenters. The number of hydrogen-bond donors (Lipinski definition) is 0. The van der Waals surface area contributed by atoms with E-state index in [1.54, 1.807) is 0 Å². The number of carbonyl (C=O) groups excluding carboxylic acids is 1. The summed E-state index contributed by atoms with van der Waals surface area (Å²) in [4.78, 5) is 10.9. The van der Waals surface area contributed by atoms with Gasteiger partial charge in [0.2, 0.25) is 0 Å². The van der Waals surface area contributed by atoms with Crippen LogP contribution in [-0.2, 0) is 9.53 Å². The highest BCUT2D eigenvalue weighted by Crippen LogP contribution is 2.29. The fourth-order valence-corrected chi connectivity index (χ4v) is 0.715. The van der Waals surface area contributed by atoms with Crippen molar-refractivity contribution in [3.05, 3.63) is 12.3 Å². The average molecular weight is 140 g/mol. The van der Waals surface area contributed by atoms with Gasteiger partial charge in [0.1, 0.15) is 0 Å².